The van der Waals surface area contributed by atoms with Crippen molar-refractivity contribution in [2.24, 2.45) is 0 Å². The second-order valence-corrected chi connectivity index (χ2v) is 4.93. The van der Waals surface area contributed by atoms with E-state index in [-0.39, 0.29) is 18.8 Å². The minimum Gasteiger partial charge on any atom is -0.465 e. The van der Waals surface area contributed by atoms with Gasteiger partial charge in [-0.1, -0.05) is 6.07 Å². The Kier molecular flexibility index (Phi) is 3.98. The van der Waals surface area contributed by atoms with Crippen LogP contribution in [0, 0.1) is 0 Å². The molecule has 0 aliphatic carbocycles. The number of nitrogens with one attached hydrogen (secondary N) is 1. The van der Waals surface area contributed by atoms with E-state index in [1.165, 1.54) is 0 Å². The summed E-state index contributed by atoms with van der Waals surface area (Å²) in [5.74, 6) is -0.292. The first-order valence-corrected chi connectivity index (χ1v) is 6.33. The van der Waals surface area contributed by atoms with Gasteiger partial charge in [0.15, 0.2) is 0 Å². The van der Waals surface area contributed by atoms with Crippen molar-refractivity contribution in [1.29, 1.82) is 0 Å². The summed E-state index contributed by atoms with van der Waals surface area (Å²) in [6.07, 6.45) is -2.75. The normalized spacial score (nSPS) is 22.3. The lowest BCUT2D eigenvalue weighted by Gasteiger charge is -2.19. The van der Waals surface area contributed by atoms with Gasteiger partial charge in [0, 0.05) is 6.42 Å². The SMILES string of the molecule is O=C(Nc1cccc(Br)n1)[C@@H]1C[C@@H](F)CN1C(=O)O. The third-order valence-corrected chi connectivity index (χ3v) is 3.21. The molecule has 0 aromatic carbocycles. The van der Waals surface area contributed by atoms with E-state index in [1.54, 1.807) is 18.2 Å². The zero-order chi connectivity index (χ0) is 14.0. The molecule has 8 heteroatoms. The molecule has 0 bridgehead atoms. The summed E-state index contributed by atoms with van der Waals surface area (Å²) in [5, 5.41) is 11.4. The molecule has 2 heterocycles. The highest BCUT2D eigenvalue weighted by atomic mass is 79.9. The zero-order valence-corrected chi connectivity index (χ0v) is 11.3. The fraction of sp³-hybridized carbons (Fsp3) is 0.364. The number of hydrogen-bond donors (Lipinski definition) is 2. The molecule has 2 N–H and O–H groups in total. The summed E-state index contributed by atoms with van der Waals surface area (Å²) >= 11 is 3.15. The number of carboxylic acid groups (broad SMARTS) is 1. The fourth-order valence-corrected chi connectivity index (χ4v) is 2.28. The van der Waals surface area contributed by atoms with Crippen molar-refractivity contribution in [3.8, 4) is 0 Å². The van der Waals surface area contributed by atoms with Crippen LogP contribution < -0.4 is 5.32 Å². The van der Waals surface area contributed by atoms with E-state index in [4.69, 9.17) is 5.11 Å². The van der Waals surface area contributed by atoms with Gasteiger partial charge in [0.1, 0.15) is 22.6 Å². The molecular weight excluding hydrogens is 321 g/mol. The number of carbonyl (C=O) groups excluding carboxylic acids is 1. The van der Waals surface area contributed by atoms with Crippen LogP contribution >= 0.6 is 15.9 Å². The first kappa shape index (κ1) is 13.7. The van der Waals surface area contributed by atoms with E-state index in [0.717, 1.165) is 4.90 Å². The lowest BCUT2D eigenvalue weighted by atomic mass is 10.2. The second-order valence-electron chi connectivity index (χ2n) is 4.12. The number of alkyl halides is 1. The molecular formula is C11H11BrFN3O3. The number of carbonyl (C=O) groups is 2. The molecule has 0 radical (unpaired) electrons. The van der Waals surface area contributed by atoms with Crippen LogP contribution in [-0.2, 0) is 4.79 Å². The van der Waals surface area contributed by atoms with Gasteiger partial charge < -0.3 is 10.4 Å². The molecule has 1 fully saturated rings. The molecule has 1 saturated heterocycles. The Morgan fingerprint density at radius 2 is 2.26 bits per heavy atom. The Labute approximate surface area is 116 Å². The van der Waals surface area contributed by atoms with Gasteiger partial charge in [-0.2, -0.15) is 0 Å². The first-order valence-electron chi connectivity index (χ1n) is 5.54. The number of halogens is 2. The number of rotatable bonds is 2. The third kappa shape index (κ3) is 3.19. The van der Waals surface area contributed by atoms with Crippen molar-refractivity contribution in [3.05, 3.63) is 22.8 Å². The summed E-state index contributed by atoms with van der Waals surface area (Å²) in [4.78, 5) is 27.7. The quantitative estimate of drug-likeness (QED) is 0.810. The van der Waals surface area contributed by atoms with Crippen LogP contribution in [0.15, 0.2) is 22.8 Å². The Bertz CT molecular complexity index is 514. The number of aromatic nitrogens is 1. The van der Waals surface area contributed by atoms with Crippen molar-refractivity contribution in [3.63, 3.8) is 0 Å². The Morgan fingerprint density at radius 3 is 2.89 bits per heavy atom. The standard InChI is InChI=1S/C11H11BrFN3O3/c12-8-2-1-3-9(14-8)15-10(17)7-4-6(13)5-16(7)11(18)19/h1-3,6-7H,4-5H2,(H,18,19)(H,14,15,17)/t6-,7+/m1/s1. The van der Waals surface area contributed by atoms with Gasteiger partial charge in [0.25, 0.3) is 0 Å². The second kappa shape index (κ2) is 5.52. The van der Waals surface area contributed by atoms with E-state index in [0.29, 0.717) is 4.60 Å². The predicted octanol–water partition coefficient (Wildman–Crippen LogP) is 1.87. The van der Waals surface area contributed by atoms with Gasteiger partial charge in [-0.15, -0.1) is 0 Å². The number of likely N-dealkylation sites (tertiary alicyclic amines) is 1. The van der Waals surface area contributed by atoms with Crippen LogP contribution in [0.25, 0.3) is 0 Å². The Balaban J connectivity index is 2.09. The molecule has 1 aliphatic rings. The Hall–Kier alpha value is -1.70. The minimum absolute atomic E-state index is 0.133. The molecule has 0 saturated carbocycles. The van der Waals surface area contributed by atoms with Crippen LogP contribution in [-0.4, -0.2) is 45.7 Å². The zero-order valence-electron chi connectivity index (χ0n) is 9.72. The van der Waals surface area contributed by atoms with Crippen LogP contribution in [0.1, 0.15) is 6.42 Å². The maximum Gasteiger partial charge on any atom is 0.408 e. The molecule has 2 atom stereocenters. The van der Waals surface area contributed by atoms with Crippen molar-refractivity contribution in [2.45, 2.75) is 18.6 Å². The van der Waals surface area contributed by atoms with Crippen LogP contribution in [0.4, 0.5) is 15.0 Å². The van der Waals surface area contributed by atoms with Crippen LogP contribution in [0.5, 0.6) is 0 Å². The smallest absolute Gasteiger partial charge is 0.408 e. The highest BCUT2D eigenvalue weighted by Crippen LogP contribution is 2.22. The topological polar surface area (TPSA) is 82.5 Å². The van der Waals surface area contributed by atoms with Gasteiger partial charge in [-0.05, 0) is 28.1 Å². The number of anilines is 1. The molecule has 19 heavy (non-hydrogen) atoms. The monoisotopic (exact) mass is 331 g/mol. The van der Waals surface area contributed by atoms with Crippen LogP contribution in [0.3, 0.4) is 0 Å². The van der Waals surface area contributed by atoms with Crippen molar-refractivity contribution in [1.82, 2.24) is 9.88 Å². The molecule has 1 aromatic heterocycles. The van der Waals surface area contributed by atoms with Crippen molar-refractivity contribution in [2.75, 3.05) is 11.9 Å². The van der Waals surface area contributed by atoms with E-state index >= 15 is 0 Å². The van der Waals surface area contributed by atoms with Gasteiger partial charge in [-0.3, -0.25) is 9.69 Å². The van der Waals surface area contributed by atoms with Gasteiger partial charge in [0.2, 0.25) is 5.91 Å². The van der Waals surface area contributed by atoms with Gasteiger partial charge in [-0.25, -0.2) is 14.2 Å². The van der Waals surface area contributed by atoms with Crippen molar-refractivity contribution >= 4 is 33.7 Å². The maximum absolute atomic E-state index is 13.2. The van der Waals surface area contributed by atoms with Gasteiger partial charge in [0.05, 0.1) is 6.54 Å². The summed E-state index contributed by atoms with van der Waals surface area (Å²) in [5.41, 5.74) is 0. The molecule has 1 aromatic rings. The van der Waals surface area contributed by atoms with Crippen molar-refractivity contribution < 1.29 is 19.1 Å². The van der Waals surface area contributed by atoms with E-state index in [2.05, 4.69) is 26.2 Å². The molecule has 102 valence electrons. The summed E-state index contributed by atoms with van der Waals surface area (Å²) in [6, 6.07) is 3.91. The molecule has 1 aliphatic heterocycles. The lowest BCUT2D eigenvalue weighted by Crippen LogP contribution is -2.42. The highest BCUT2D eigenvalue weighted by Gasteiger charge is 2.40. The number of nitrogens with zero attached hydrogens (tertiary/aromatic N) is 2. The molecule has 0 unspecified atom stereocenters. The first-order chi connectivity index (χ1) is 8.97. The number of hydrogen-bond acceptors (Lipinski definition) is 3. The van der Waals surface area contributed by atoms with E-state index in [9.17, 15) is 14.0 Å². The molecule has 2 amide bonds. The lowest BCUT2D eigenvalue weighted by molar-refractivity contribution is -0.120. The fourth-order valence-electron chi connectivity index (χ4n) is 1.93. The third-order valence-electron chi connectivity index (χ3n) is 2.76. The summed E-state index contributed by atoms with van der Waals surface area (Å²) < 4.78 is 13.8. The number of pyridine rings is 1. The maximum atomic E-state index is 13.2. The largest absolute Gasteiger partial charge is 0.465 e. The summed E-state index contributed by atoms with van der Waals surface area (Å²) in [7, 11) is 0. The van der Waals surface area contributed by atoms with E-state index < -0.39 is 24.2 Å². The Morgan fingerprint density at radius 1 is 1.53 bits per heavy atom. The average molecular weight is 332 g/mol. The summed E-state index contributed by atoms with van der Waals surface area (Å²) in [6.45, 7) is -0.278. The average Bonchev–Trinajstić information content (AvgIpc) is 2.71. The predicted molar refractivity (Wildman–Crippen MR) is 68.6 cm³/mol. The molecule has 0 spiro atoms. The highest BCUT2D eigenvalue weighted by molar-refractivity contribution is 9.10. The minimum atomic E-state index is -1.32. The van der Waals surface area contributed by atoms with E-state index in [1.807, 2.05) is 0 Å². The number of amides is 2. The molecule has 2 rings (SSSR count). The molecule has 6 nitrogen and oxygen atoms in total. The van der Waals surface area contributed by atoms with Crippen LogP contribution in [0.2, 0.25) is 0 Å². The van der Waals surface area contributed by atoms with Gasteiger partial charge >= 0.3 is 6.09 Å².